The molecule has 26 heavy (non-hydrogen) atoms. The Bertz CT molecular complexity index is 823. The van der Waals surface area contributed by atoms with E-state index in [1.807, 2.05) is 0 Å². The molecule has 7 nitrogen and oxygen atoms in total. The molecule has 1 N–H and O–H groups in total. The van der Waals surface area contributed by atoms with Gasteiger partial charge in [-0.1, -0.05) is 0 Å². The zero-order valence-corrected chi connectivity index (χ0v) is 16.4. The molecule has 0 bridgehead atoms. The minimum Gasteiger partial charge on any atom is -0.497 e. The highest BCUT2D eigenvalue weighted by Crippen LogP contribution is 2.35. The molecule has 0 unspecified atom stereocenters. The molecule has 0 fully saturated rings. The van der Waals surface area contributed by atoms with E-state index < -0.39 is 5.91 Å². The van der Waals surface area contributed by atoms with Crippen molar-refractivity contribution in [2.75, 3.05) is 28.4 Å². The smallest absolute Gasteiger partial charge is 0.275 e. The van der Waals surface area contributed by atoms with Crippen LogP contribution in [0.15, 0.2) is 39.9 Å². The van der Waals surface area contributed by atoms with Crippen LogP contribution < -0.4 is 24.4 Å². The second kappa shape index (κ2) is 9.10. The Balaban J connectivity index is 2.16. The third kappa shape index (κ3) is 4.45. The first kappa shape index (κ1) is 19.6. The van der Waals surface area contributed by atoms with Gasteiger partial charge in [0.05, 0.1) is 44.7 Å². The lowest BCUT2D eigenvalue weighted by atomic mass is 10.2. The van der Waals surface area contributed by atoms with Crippen LogP contribution in [-0.2, 0) is 0 Å². The first-order chi connectivity index (χ1) is 12.5. The molecule has 0 heterocycles. The van der Waals surface area contributed by atoms with Crippen molar-refractivity contribution in [1.82, 2.24) is 5.43 Å². The minimum atomic E-state index is -0.403. The maximum Gasteiger partial charge on any atom is 0.275 e. The number of halogens is 1. The standard InChI is InChI=1S/C18H19BrN2O5/c1-23-12-5-6-13(15(9-12)24-2)18(22)21-20-10-11-7-14(19)17(26-4)16(8-11)25-3/h5-10H,1-4H3,(H,21,22). The van der Waals surface area contributed by atoms with Gasteiger partial charge in [0.25, 0.3) is 5.91 Å². The van der Waals surface area contributed by atoms with Gasteiger partial charge in [-0.2, -0.15) is 5.10 Å². The van der Waals surface area contributed by atoms with Crippen LogP contribution in [-0.4, -0.2) is 40.6 Å². The number of hydrazone groups is 1. The topological polar surface area (TPSA) is 78.4 Å². The maximum atomic E-state index is 12.3. The molecule has 1 amide bonds. The van der Waals surface area contributed by atoms with Gasteiger partial charge in [-0.25, -0.2) is 5.43 Å². The van der Waals surface area contributed by atoms with Gasteiger partial charge in [0, 0.05) is 6.07 Å². The second-order valence-electron chi connectivity index (χ2n) is 5.00. The lowest BCUT2D eigenvalue weighted by Gasteiger charge is -2.10. The summed E-state index contributed by atoms with van der Waals surface area (Å²) in [6, 6.07) is 8.45. The maximum absolute atomic E-state index is 12.3. The highest BCUT2D eigenvalue weighted by Gasteiger charge is 2.13. The van der Waals surface area contributed by atoms with Gasteiger partial charge in [0.1, 0.15) is 11.5 Å². The number of nitrogens with zero attached hydrogens (tertiary/aromatic N) is 1. The number of benzene rings is 2. The van der Waals surface area contributed by atoms with Crippen molar-refractivity contribution in [3.63, 3.8) is 0 Å². The SMILES string of the molecule is COc1ccc(C(=O)NN=Cc2cc(Br)c(OC)c(OC)c2)c(OC)c1. The molecule has 0 saturated heterocycles. The van der Waals surface area contributed by atoms with Crippen molar-refractivity contribution in [3.05, 3.63) is 45.9 Å². The van der Waals surface area contributed by atoms with Crippen LogP contribution in [0.25, 0.3) is 0 Å². The zero-order valence-electron chi connectivity index (χ0n) is 14.8. The lowest BCUT2D eigenvalue weighted by Crippen LogP contribution is -2.18. The number of nitrogens with one attached hydrogen (secondary N) is 1. The van der Waals surface area contributed by atoms with Crippen LogP contribution >= 0.6 is 15.9 Å². The van der Waals surface area contributed by atoms with E-state index in [-0.39, 0.29) is 0 Å². The molecule has 2 rings (SSSR count). The number of carbonyl (C=O) groups is 1. The molecular weight excluding hydrogens is 404 g/mol. The number of amides is 1. The predicted molar refractivity (Wildman–Crippen MR) is 102 cm³/mol. The molecule has 0 aliphatic rings. The van der Waals surface area contributed by atoms with E-state index in [2.05, 4.69) is 26.5 Å². The molecule has 2 aromatic carbocycles. The Labute approximate surface area is 160 Å². The Morgan fingerprint density at radius 3 is 2.35 bits per heavy atom. The molecule has 8 heteroatoms. The number of hydrogen-bond acceptors (Lipinski definition) is 6. The van der Waals surface area contributed by atoms with Gasteiger partial charge in [0.15, 0.2) is 11.5 Å². The van der Waals surface area contributed by atoms with Crippen LogP contribution in [0.5, 0.6) is 23.0 Å². The molecule has 2 aromatic rings. The van der Waals surface area contributed by atoms with E-state index in [9.17, 15) is 4.79 Å². The summed E-state index contributed by atoms with van der Waals surface area (Å²) >= 11 is 3.41. The number of hydrogen-bond donors (Lipinski definition) is 1. The van der Waals surface area contributed by atoms with Crippen molar-refractivity contribution < 1.29 is 23.7 Å². The molecular formula is C18H19BrN2O5. The van der Waals surface area contributed by atoms with Crippen molar-refractivity contribution in [2.45, 2.75) is 0 Å². The van der Waals surface area contributed by atoms with E-state index >= 15 is 0 Å². The number of carbonyl (C=O) groups excluding carboxylic acids is 1. The fraction of sp³-hybridized carbons (Fsp3) is 0.222. The molecule has 0 spiro atoms. The quantitative estimate of drug-likeness (QED) is 0.547. The van der Waals surface area contributed by atoms with E-state index in [1.165, 1.54) is 13.3 Å². The average Bonchev–Trinajstić information content (AvgIpc) is 2.66. The van der Waals surface area contributed by atoms with Gasteiger partial charge in [-0.3, -0.25) is 4.79 Å². The Kier molecular flexibility index (Phi) is 6.85. The Morgan fingerprint density at radius 2 is 1.73 bits per heavy atom. The summed E-state index contributed by atoms with van der Waals surface area (Å²) in [5.74, 6) is 1.71. The molecule has 0 aliphatic heterocycles. The van der Waals surface area contributed by atoms with E-state index in [0.29, 0.717) is 33.0 Å². The summed E-state index contributed by atoms with van der Waals surface area (Å²) in [6.07, 6.45) is 1.50. The van der Waals surface area contributed by atoms with Gasteiger partial charge in [0.2, 0.25) is 0 Å². The summed E-state index contributed by atoms with van der Waals surface area (Å²) in [6.45, 7) is 0. The molecule has 0 saturated carbocycles. The van der Waals surface area contributed by atoms with E-state index in [0.717, 1.165) is 5.56 Å². The summed E-state index contributed by atoms with van der Waals surface area (Å²) < 4.78 is 21.6. The van der Waals surface area contributed by atoms with Gasteiger partial charge < -0.3 is 18.9 Å². The molecule has 0 atom stereocenters. The molecule has 0 aromatic heterocycles. The summed E-state index contributed by atoms with van der Waals surface area (Å²) in [5.41, 5.74) is 3.53. The highest BCUT2D eigenvalue weighted by atomic mass is 79.9. The summed E-state index contributed by atoms with van der Waals surface area (Å²) in [7, 11) is 6.12. The summed E-state index contributed by atoms with van der Waals surface area (Å²) in [5, 5.41) is 3.98. The van der Waals surface area contributed by atoms with E-state index in [1.54, 1.807) is 51.7 Å². The molecule has 0 aliphatic carbocycles. The fourth-order valence-electron chi connectivity index (χ4n) is 2.22. The first-order valence-electron chi connectivity index (χ1n) is 7.51. The number of ether oxygens (including phenoxy) is 4. The van der Waals surface area contributed by atoms with Crippen LogP contribution in [0.4, 0.5) is 0 Å². The monoisotopic (exact) mass is 422 g/mol. The Hall–Kier alpha value is -2.74. The average molecular weight is 423 g/mol. The second-order valence-corrected chi connectivity index (χ2v) is 5.86. The number of rotatable bonds is 7. The first-order valence-corrected chi connectivity index (χ1v) is 8.30. The van der Waals surface area contributed by atoms with Crippen molar-refractivity contribution >= 4 is 28.1 Å². The third-order valence-electron chi connectivity index (χ3n) is 3.49. The van der Waals surface area contributed by atoms with Crippen molar-refractivity contribution in [1.29, 1.82) is 0 Å². The predicted octanol–water partition coefficient (Wildman–Crippen LogP) is 3.25. The van der Waals surface area contributed by atoms with Crippen LogP contribution in [0.1, 0.15) is 15.9 Å². The Morgan fingerprint density at radius 1 is 1.00 bits per heavy atom. The highest BCUT2D eigenvalue weighted by molar-refractivity contribution is 9.10. The van der Waals surface area contributed by atoms with Gasteiger partial charge in [-0.05, 0) is 45.8 Å². The third-order valence-corrected chi connectivity index (χ3v) is 4.08. The fourth-order valence-corrected chi connectivity index (χ4v) is 2.85. The van der Waals surface area contributed by atoms with Gasteiger partial charge in [-0.15, -0.1) is 0 Å². The molecule has 138 valence electrons. The van der Waals surface area contributed by atoms with Crippen molar-refractivity contribution in [2.24, 2.45) is 5.10 Å². The number of methoxy groups -OCH3 is 4. The van der Waals surface area contributed by atoms with E-state index in [4.69, 9.17) is 18.9 Å². The van der Waals surface area contributed by atoms with Crippen LogP contribution in [0.3, 0.4) is 0 Å². The van der Waals surface area contributed by atoms with Gasteiger partial charge >= 0.3 is 0 Å². The zero-order chi connectivity index (χ0) is 19.1. The summed E-state index contributed by atoms with van der Waals surface area (Å²) in [4.78, 5) is 12.3. The van der Waals surface area contributed by atoms with Crippen molar-refractivity contribution in [3.8, 4) is 23.0 Å². The minimum absolute atomic E-state index is 0.346. The normalized spacial score (nSPS) is 10.5. The van der Waals surface area contributed by atoms with Crippen LogP contribution in [0.2, 0.25) is 0 Å². The molecule has 0 radical (unpaired) electrons. The largest absolute Gasteiger partial charge is 0.497 e. The van der Waals surface area contributed by atoms with Crippen LogP contribution in [0, 0.1) is 0 Å². The lowest BCUT2D eigenvalue weighted by molar-refractivity contribution is 0.0952.